The Kier molecular flexibility index (Phi) is 5.85. The van der Waals surface area contributed by atoms with Crippen molar-refractivity contribution in [3.63, 3.8) is 0 Å². The summed E-state index contributed by atoms with van der Waals surface area (Å²) in [7, 11) is -3.05. The first kappa shape index (κ1) is 20.8. The highest BCUT2D eigenvalue weighted by atomic mass is 32.2. The van der Waals surface area contributed by atoms with Gasteiger partial charge >= 0.3 is 0 Å². The van der Waals surface area contributed by atoms with Crippen LogP contribution in [0, 0.1) is 5.92 Å². The lowest BCUT2D eigenvalue weighted by molar-refractivity contribution is -0.122. The zero-order valence-corrected chi connectivity index (χ0v) is 17.5. The lowest BCUT2D eigenvalue weighted by Gasteiger charge is -2.10. The lowest BCUT2D eigenvalue weighted by Crippen LogP contribution is -2.42. The van der Waals surface area contributed by atoms with E-state index in [4.69, 9.17) is 0 Å². The third-order valence-electron chi connectivity index (χ3n) is 5.14. The normalized spacial score (nSPS) is 17.2. The lowest BCUT2D eigenvalue weighted by atomic mass is 10.1. The minimum atomic E-state index is -3.05. The third-order valence-corrected chi connectivity index (χ3v) is 6.98. The summed E-state index contributed by atoms with van der Waals surface area (Å²) >= 11 is 0. The van der Waals surface area contributed by atoms with E-state index in [9.17, 15) is 18.0 Å². The average Bonchev–Trinajstić information content (AvgIpc) is 3.37. The zero-order valence-electron chi connectivity index (χ0n) is 16.7. The second kappa shape index (κ2) is 8.73. The molecule has 1 aromatic heterocycles. The van der Waals surface area contributed by atoms with Crippen LogP contribution in [0.2, 0.25) is 0 Å². The summed E-state index contributed by atoms with van der Waals surface area (Å²) in [6.45, 7) is 0. The number of rotatable bonds is 5. The standard InChI is InChI=1S/C22H22N4O4S/c27-20(13-16-11-12-31(29,30)15-16)23-24-22(28)19-14-26(18-9-5-2-6-10-18)25-21(19)17-7-3-1-4-8-17/h1-10,14,16H,11-13,15H2,(H,23,27)(H,24,28)/t16-/m1/s1. The number of sulfone groups is 1. The Balaban J connectivity index is 1.50. The van der Waals surface area contributed by atoms with E-state index in [1.54, 1.807) is 10.9 Å². The Labute approximate surface area is 180 Å². The minimum Gasteiger partial charge on any atom is -0.273 e. The van der Waals surface area contributed by atoms with Crippen LogP contribution < -0.4 is 10.9 Å². The fourth-order valence-electron chi connectivity index (χ4n) is 3.60. The van der Waals surface area contributed by atoms with Gasteiger partial charge < -0.3 is 0 Å². The van der Waals surface area contributed by atoms with Crippen molar-refractivity contribution in [2.45, 2.75) is 12.8 Å². The zero-order chi connectivity index (χ0) is 21.8. The van der Waals surface area contributed by atoms with Crippen molar-refractivity contribution in [1.82, 2.24) is 20.6 Å². The molecule has 0 radical (unpaired) electrons. The number of nitrogens with one attached hydrogen (secondary N) is 2. The van der Waals surface area contributed by atoms with Crippen molar-refractivity contribution in [3.05, 3.63) is 72.4 Å². The molecule has 1 atom stereocenters. The van der Waals surface area contributed by atoms with E-state index >= 15 is 0 Å². The van der Waals surface area contributed by atoms with Gasteiger partial charge in [0, 0.05) is 18.2 Å². The summed E-state index contributed by atoms with van der Waals surface area (Å²) in [5, 5.41) is 4.57. The Morgan fingerprint density at radius 1 is 1.00 bits per heavy atom. The first-order chi connectivity index (χ1) is 14.9. The number of amides is 2. The molecule has 31 heavy (non-hydrogen) atoms. The first-order valence-electron chi connectivity index (χ1n) is 9.91. The van der Waals surface area contributed by atoms with E-state index in [1.807, 2.05) is 60.7 Å². The summed E-state index contributed by atoms with van der Waals surface area (Å²) in [5.74, 6) is -1.03. The highest BCUT2D eigenvalue weighted by Gasteiger charge is 2.29. The largest absolute Gasteiger partial charge is 0.273 e. The van der Waals surface area contributed by atoms with Crippen LogP contribution in [0.25, 0.3) is 16.9 Å². The van der Waals surface area contributed by atoms with E-state index in [2.05, 4.69) is 16.0 Å². The molecule has 2 aromatic carbocycles. The maximum absolute atomic E-state index is 12.9. The predicted octanol–water partition coefficient (Wildman–Crippen LogP) is 2.13. The predicted molar refractivity (Wildman–Crippen MR) is 116 cm³/mol. The maximum atomic E-state index is 12.9. The summed E-state index contributed by atoms with van der Waals surface area (Å²) in [5.41, 5.74) is 7.17. The number of para-hydroxylation sites is 1. The molecule has 3 aromatic rings. The molecule has 160 valence electrons. The van der Waals surface area contributed by atoms with Crippen LogP contribution in [0.15, 0.2) is 66.9 Å². The van der Waals surface area contributed by atoms with Crippen LogP contribution in [-0.4, -0.2) is 41.5 Å². The van der Waals surface area contributed by atoms with E-state index in [0.29, 0.717) is 17.7 Å². The van der Waals surface area contributed by atoms with Crippen LogP contribution >= 0.6 is 0 Å². The van der Waals surface area contributed by atoms with Crippen LogP contribution in [0.3, 0.4) is 0 Å². The maximum Gasteiger partial charge on any atom is 0.273 e. The molecule has 1 aliphatic heterocycles. The molecule has 8 nitrogen and oxygen atoms in total. The van der Waals surface area contributed by atoms with Gasteiger partial charge in [0.25, 0.3) is 5.91 Å². The Morgan fingerprint density at radius 3 is 2.32 bits per heavy atom. The topological polar surface area (TPSA) is 110 Å². The summed E-state index contributed by atoms with van der Waals surface area (Å²) < 4.78 is 24.7. The van der Waals surface area contributed by atoms with Crippen LogP contribution in [0.1, 0.15) is 23.2 Å². The minimum absolute atomic E-state index is 0.0103. The molecule has 0 saturated carbocycles. The van der Waals surface area contributed by atoms with Crippen molar-refractivity contribution in [2.24, 2.45) is 5.92 Å². The molecule has 1 fully saturated rings. The second-order valence-electron chi connectivity index (χ2n) is 7.51. The molecule has 0 bridgehead atoms. The number of hydrazine groups is 1. The Morgan fingerprint density at radius 2 is 1.68 bits per heavy atom. The highest BCUT2D eigenvalue weighted by Crippen LogP contribution is 2.24. The second-order valence-corrected chi connectivity index (χ2v) is 9.74. The van der Waals surface area contributed by atoms with Gasteiger partial charge in [-0.1, -0.05) is 48.5 Å². The van der Waals surface area contributed by atoms with E-state index < -0.39 is 21.7 Å². The van der Waals surface area contributed by atoms with Gasteiger partial charge in [-0.25, -0.2) is 13.1 Å². The fraction of sp³-hybridized carbons (Fsp3) is 0.227. The van der Waals surface area contributed by atoms with Crippen molar-refractivity contribution < 1.29 is 18.0 Å². The molecular weight excluding hydrogens is 416 g/mol. The molecular formula is C22H22N4O4S. The number of nitrogens with zero attached hydrogens (tertiary/aromatic N) is 2. The monoisotopic (exact) mass is 438 g/mol. The van der Waals surface area contributed by atoms with Gasteiger partial charge in [-0.2, -0.15) is 5.10 Å². The van der Waals surface area contributed by atoms with Crippen molar-refractivity contribution in [1.29, 1.82) is 0 Å². The molecule has 1 saturated heterocycles. The first-order valence-corrected chi connectivity index (χ1v) is 11.7. The molecule has 0 aliphatic carbocycles. The SMILES string of the molecule is O=C(C[C@H]1CCS(=O)(=O)C1)NNC(=O)c1cn(-c2ccccc2)nc1-c1ccccc1. The van der Waals surface area contributed by atoms with Crippen molar-refractivity contribution >= 4 is 21.7 Å². The molecule has 2 heterocycles. The van der Waals surface area contributed by atoms with Gasteiger partial charge in [-0.15, -0.1) is 0 Å². The number of hydrogen-bond acceptors (Lipinski definition) is 5. The number of carbonyl (C=O) groups is 2. The van der Waals surface area contributed by atoms with Crippen LogP contribution in [0.5, 0.6) is 0 Å². The quantitative estimate of drug-likeness (QED) is 0.593. The van der Waals surface area contributed by atoms with Crippen molar-refractivity contribution in [3.8, 4) is 16.9 Å². The molecule has 2 N–H and O–H groups in total. The average molecular weight is 439 g/mol. The fourth-order valence-corrected chi connectivity index (χ4v) is 5.46. The molecule has 2 amide bonds. The van der Waals surface area contributed by atoms with E-state index in [0.717, 1.165) is 11.3 Å². The van der Waals surface area contributed by atoms with Crippen LogP contribution in [-0.2, 0) is 14.6 Å². The van der Waals surface area contributed by atoms with Gasteiger partial charge in [0.15, 0.2) is 9.84 Å². The molecule has 1 aliphatic rings. The number of carbonyl (C=O) groups excluding carboxylic acids is 2. The van der Waals surface area contributed by atoms with Gasteiger partial charge in [-0.3, -0.25) is 20.4 Å². The van der Waals surface area contributed by atoms with Gasteiger partial charge in [-0.05, 0) is 24.5 Å². The molecule has 4 rings (SSSR count). The summed E-state index contributed by atoms with van der Waals surface area (Å²) in [6.07, 6.45) is 2.13. The van der Waals surface area contributed by atoms with Crippen molar-refractivity contribution in [2.75, 3.05) is 11.5 Å². The smallest absolute Gasteiger partial charge is 0.273 e. The van der Waals surface area contributed by atoms with Crippen LogP contribution in [0.4, 0.5) is 0 Å². The van der Waals surface area contributed by atoms with Gasteiger partial charge in [0.2, 0.25) is 5.91 Å². The van der Waals surface area contributed by atoms with Gasteiger partial charge in [0.05, 0.1) is 22.8 Å². The number of aromatic nitrogens is 2. The van der Waals surface area contributed by atoms with E-state index in [1.165, 1.54) is 0 Å². The summed E-state index contributed by atoms with van der Waals surface area (Å²) in [4.78, 5) is 25.0. The number of hydrogen-bond donors (Lipinski definition) is 2. The Bertz CT molecular complexity index is 1190. The Hall–Kier alpha value is -3.46. The molecule has 9 heteroatoms. The number of benzene rings is 2. The summed E-state index contributed by atoms with van der Waals surface area (Å²) in [6, 6.07) is 18.7. The molecule has 0 unspecified atom stereocenters. The molecule has 0 spiro atoms. The third kappa shape index (κ3) is 5.00. The highest BCUT2D eigenvalue weighted by molar-refractivity contribution is 7.91. The van der Waals surface area contributed by atoms with Gasteiger partial charge in [0.1, 0.15) is 5.69 Å². The van der Waals surface area contributed by atoms with E-state index in [-0.39, 0.29) is 23.8 Å².